The molecule has 0 atom stereocenters. The number of amides is 2. The number of benzene rings is 2. The van der Waals surface area contributed by atoms with Gasteiger partial charge in [-0.15, -0.1) is 0 Å². The largest absolute Gasteiger partial charge is 0.399 e. The summed E-state index contributed by atoms with van der Waals surface area (Å²) >= 11 is 0. The second-order valence-electron chi connectivity index (χ2n) is 4.77. The fourth-order valence-electron chi connectivity index (χ4n) is 2.41. The number of rotatable bonds is 2. The zero-order chi connectivity index (χ0) is 14.3. The van der Waals surface area contributed by atoms with Gasteiger partial charge in [-0.05, 0) is 42.3 Å². The highest BCUT2D eigenvalue weighted by molar-refractivity contribution is 6.34. The SMILES string of the molecule is CCc1cccc(N2C(=O)c3ccc(N)cc3C2=O)c1. The second-order valence-corrected chi connectivity index (χ2v) is 4.77. The predicted octanol–water partition coefficient (Wildman–Crippen LogP) is 2.63. The van der Waals surface area contributed by atoms with Crippen LogP contribution in [0.1, 0.15) is 33.2 Å². The zero-order valence-electron chi connectivity index (χ0n) is 11.1. The maximum absolute atomic E-state index is 12.4. The quantitative estimate of drug-likeness (QED) is 0.671. The Bertz CT molecular complexity index is 722. The van der Waals surface area contributed by atoms with Crippen molar-refractivity contribution in [2.24, 2.45) is 0 Å². The number of anilines is 2. The van der Waals surface area contributed by atoms with Crippen molar-refractivity contribution in [2.75, 3.05) is 10.6 Å². The molecule has 4 heteroatoms. The van der Waals surface area contributed by atoms with E-state index in [1.54, 1.807) is 24.3 Å². The number of hydrogen-bond donors (Lipinski definition) is 1. The van der Waals surface area contributed by atoms with Crippen molar-refractivity contribution in [1.29, 1.82) is 0 Å². The van der Waals surface area contributed by atoms with Gasteiger partial charge in [0.25, 0.3) is 11.8 Å². The van der Waals surface area contributed by atoms with Gasteiger partial charge in [0.05, 0.1) is 16.8 Å². The first-order chi connectivity index (χ1) is 9.61. The molecular weight excluding hydrogens is 252 g/mol. The molecule has 1 heterocycles. The second kappa shape index (κ2) is 4.49. The number of nitrogen functional groups attached to an aromatic ring is 1. The summed E-state index contributed by atoms with van der Waals surface area (Å²) in [5, 5.41) is 0. The average molecular weight is 266 g/mol. The number of nitrogens with zero attached hydrogens (tertiary/aromatic N) is 1. The van der Waals surface area contributed by atoms with Crippen molar-refractivity contribution in [2.45, 2.75) is 13.3 Å². The maximum Gasteiger partial charge on any atom is 0.266 e. The van der Waals surface area contributed by atoms with Gasteiger partial charge in [-0.3, -0.25) is 9.59 Å². The summed E-state index contributed by atoms with van der Waals surface area (Å²) in [7, 11) is 0. The first-order valence-corrected chi connectivity index (χ1v) is 6.49. The number of aryl methyl sites for hydroxylation is 1. The van der Waals surface area contributed by atoms with E-state index in [4.69, 9.17) is 5.73 Å². The molecule has 0 spiro atoms. The highest BCUT2D eigenvalue weighted by Crippen LogP contribution is 2.30. The number of carbonyl (C=O) groups is 2. The lowest BCUT2D eigenvalue weighted by Crippen LogP contribution is -2.29. The van der Waals surface area contributed by atoms with Crippen LogP contribution in [0.25, 0.3) is 0 Å². The maximum atomic E-state index is 12.4. The molecule has 2 amide bonds. The molecule has 0 aromatic heterocycles. The van der Waals surface area contributed by atoms with Crippen LogP contribution in [0, 0.1) is 0 Å². The van der Waals surface area contributed by atoms with E-state index >= 15 is 0 Å². The van der Waals surface area contributed by atoms with Crippen molar-refractivity contribution in [3.8, 4) is 0 Å². The number of hydrogen-bond acceptors (Lipinski definition) is 3. The first-order valence-electron chi connectivity index (χ1n) is 6.49. The molecule has 0 radical (unpaired) electrons. The van der Waals surface area contributed by atoms with Crippen molar-refractivity contribution < 1.29 is 9.59 Å². The average Bonchev–Trinajstić information content (AvgIpc) is 2.70. The predicted molar refractivity (Wildman–Crippen MR) is 77.8 cm³/mol. The van der Waals surface area contributed by atoms with Crippen molar-refractivity contribution >= 4 is 23.2 Å². The molecule has 2 N–H and O–H groups in total. The monoisotopic (exact) mass is 266 g/mol. The van der Waals surface area contributed by atoms with Crippen LogP contribution >= 0.6 is 0 Å². The lowest BCUT2D eigenvalue weighted by molar-refractivity contribution is 0.0926. The Labute approximate surface area is 116 Å². The summed E-state index contributed by atoms with van der Waals surface area (Å²) in [5.41, 5.74) is 8.64. The molecule has 0 aliphatic carbocycles. The van der Waals surface area contributed by atoms with Crippen LogP contribution in [0.2, 0.25) is 0 Å². The van der Waals surface area contributed by atoms with Gasteiger partial charge < -0.3 is 5.73 Å². The fourth-order valence-corrected chi connectivity index (χ4v) is 2.41. The minimum atomic E-state index is -0.314. The Kier molecular flexibility index (Phi) is 2.79. The number of nitrogens with two attached hydrogens (primary N) is 1. The molecule has 1 aliphatic heterocycles. The van der Waals surface area contributed by atoms with Crippen LogP contribution in [0.3, 0.4) is 0 Å². The van der Waals surface area contributed by atoms with Crippen LogP contribution < -0.4 is 10.6 Å². The van der Waals surface area contributed by atoms with Gasteiger partial charge in [0.1, 0.15) is 0 Å². The van der Waals surface area contributed by atoms with Crippen LogP contribution in [0.15, 0.2) is 42.5 Å². The van der Waals surface area contributed by atoms with Gasteiger partial charge in [0.15, 0.2) is 0 Å². The Balaban J connectivity index is 2.09. The number of carbonyl (C=O) groups excluding carboxylic acids is 2. The van der Waals surface area contributed by atoms with Gasteiger partial charge in [-0.1, -0.05) is 19.1 Å². The summed E-state index contributed by atoms with van der Waals surface area (Å²) < 4.78 is 0. The first kappa shape index (κ1) is 12.4. The van der Waals surface area contributed by atoms with Crippen molar-refractivity contribution in [3.05, 3.63) is 59.2 Å². The van der Waals surface area contributed by atoms with E-state index in [0.717, 1.165) is 12.0 Å². The fraction of sp³-hybridized carbons (Fsp3) is 0.125. The molecule has 100 valence electrons. The molecule has 2 aromatic rings. The summed E-state index contributed by atoms with van der Waals surface area (Å²) in [5.74, 6) is -0.608. The van der Waals surface area contributed by atoms with Crippen LogP contribution in [-0.4, -0.2) is 11.8 Å². The zero-order valence-corrected chi connectivity index (χ0v) is 11.1. The minimum absolute atomic E-state index is 0.293. The molecule has 0 fully saturated rings. The van der Waals surface area contributed by atoms with E-state index in [2.05, 4.69) is 0 Å². The van der Waals surface area contributed by atoms with Gasteiger partial charge in [-0.25, -0.2) is 4.90 Å². The van der Waals surface area contributed by atoms with Gasteiger partial charge >= 0.3 is 0 Å². The van der Waals surface area contributed by atoms with E-state index in [-0.39, 0.29) is 11.8 Å². The standard InChI is InChI=1S/C16H14N2O2/c1-2-10-4-3-5-12(8-10)18-15(19)13-7-6-11(17)9-14(13)16(18)20/h3-9H,2,17H2,1H3. The van der Waals surface area contributed by atoms with Gasteiger partial charge in [0, 0.05) is 5.69 Å². The molecule has 0 saturated carbocycles. The highest BCUT2D eigenvalue weighted by atomic mass is 16.2. The number of imide groups is 1. The summed E-state index contributed by atoms with van der Waals surface area (Å²) in [6.07, 6.45) is 0.851. The Hall–Kier alpha value is -2.62. The summed E-state index contributed by atoms with van der Waals surface area (Å²) in [4.78, 5) is 26.0. The molecule has 0 bridgehead atoms. The van der Waals surface area contributed by atoms with E-state index in [1.807, 2.05) is 25.1 Å². The topological polar surface area (TPSA) is 63.4 Å². The molecule has 0 saturated heterocycles. The lowest BCUT2D eigenvalue weighted by Gasteiger charge is -2.14. The van der Waals surface area contributed by atoms with Crippen molar-refractivity contribution in [3.63, 3.8) is 0 Å². The van der Waals surface area contributed by atoms with Crippen LogP contribution in [0.5, 0.6) is 0 Å². The molecule has 4 nitrogen and oxygen atoms in total. The molecule has 20 heavy (non-hydrogen) atoms. The van der Waals surface area contributed by atoms with Crippen LogP contribution in [0.4, 0.5) is 11.4 Å². The molecule has 2 aromatic carbocycles. The van der Waals surface area contributed by atoms with E-state index in [0.29, 0.717) is 22.5 Å². The van der Waals surface area contributed by atoms with E-state index < -0.39 is 0 Å². The Morgan fingerprint density at radius 2 is 1.75 bits per heavy atom. The number of fused-ring (bicyclic) bond motifs is 1. The highest BCUT2D eigenvalue weighted by Gasteiger charge is 2.36. The third-order valence-electron chi connectivity index (χ3n) is 3.49. The van der Waals surface area contributed by atoms with Crippen molar-refractivity contribution in [1.82, 2.24) is 0 Å². The van der Waals surface area contributed by atoms with E-state index in [9.17, 15) is 9.59 Å². The third-order valence-corrected chi connectivity index (χ3v) is 3.49. The third kappa shape index (κ3) is 1.77. The molecule has 1 aliphatic rings. The Morgan fingerprint density at radius 1 is 1.00 bits per heavy atom. The van der Waals surface area contributed by atoms with Crippen LogP contribution in [-0.2, 0) is 6.42 Å². The normalized spacial score (nSPS) is 13.8. The van der Waals surface area contributed by atoms with Gasteiger partial charge in [-0.2, -0.15) is 0 Å². The molecule has 3 rings (SSSR count). The Morgan fingerprint density at radius 3 is 2.50 bits per heavy atom. The minimum Gasteiger partial charge on any atom is -0.399 e. The van der Waals surface area contributed by atoms with Gasteiger partial charge in [0.2, 0.25) is 0 Å². The smallest absolute Gasteiger partial charge is 0.266 e. The molecular formula is C16H14N2O2. The van der Waals surface area contributed by atoms with E-state index in [1.165, 1.54) is 4.90 Å². The lowest BCUT2D eigenvalue weighted by atomic mass is 10.1. The molecule has 0 unspecified atom stereocenters. The summed E-state index contributed by atoms with van der Waals surface area (Å²) in [6.45, 7) is 2.03. The summed E-state index contributed by atoms with van der Waals surface area (Å²) in [6, 6.07) is 12.3.